The third kappa shape index (κ3) is 6.10. The molecule has 0 aliphatic rings. The number of aryl methyl sites for hydroxylation is 1. The normalized spacial score (nSPS) is 10.6. The average molecular weight is 311 g/mol. The first-order valence-electron chi connectivity index (χ1n) is 8.20. The lowest BCUT2D eigenvalue weighted by Crippen LogP contribution is -2.24. The minimum Gasteiger partial charge on any atom is -0.368 e. The average Bonchev–Trinajstić information content (AvgIpc) is 2.55. The number of unbranched alkanes of at least 4 members (excludes halogenated alkanes) is 1. The number of nitrogens with zero attached hydrogens (tertiary/aromatic N) is 1. The summed E-state index contributed by atoms with van der Waals surface area (Å²) in [4.78, 5) is 16.3. The summed E-state index contributed by atoms with van der Waals surface area (Å²) in [6, 6.07) is 14.4. The topological polar surface area (TPSA) is 54.0 Å². The molecule has 2 rings (SSSR count). The molecule has 1 amide bonds. The number of carbonyl (C=O) groups excluding carboxylic acids is 1. The van der Waals surface area contributed by atoms with E-state index in [0.717, 1.165) is 25.1 Å². The molecule has 2 N–H and O–H groups in total. The molecule has 0 radical (unpaired) electrons. The molecule has 0 aliphatic heterocycles. The fourth-order valence-electron chi connectivity index (χ4n) is 2.31. The number of hydrogen-bond acceptors (Lipinski definition) is 3. The van der Waals surface area contributed by atoms with Crippen LogP contribution in [0.2, 0.25) is 0 Å². The fourth-order valence-corrected chi connectivity index (χ4v) is 2.31. The van der Waals surface area contributed by atoms with Crippen molar-refractivity contribution in [2.24, 2.45) is 0 Å². The molecule has 0 saturated heterocycles. The molecule has 23 heavy (non-hydrogen) atoms. The quantitative estimate of drug-likeness (QED) is 0.732. The molecule has 1 aromatic carbocycles. The standard InChI is InChI=1S/C19H25N3O/c1-15(2)22-18-12-11-17(14-21-18)19(23)20-13-7-6-10-16-8-4-3-5-9-16/h3-5,8-9,11-12,14-15H,6-7,10,13H2,1-2H3,(H,20,23)(H,21,22). The number of aromatic nitrogens is 1. The Balaban J connectivity index is 1.68. The maximum atomic E-state index is 12.0. The second-order valence-electron chi connectivity index (χ2n) is 5.93. The molecule has 4 nitrogen and oxygen atoms in total. The maximum Gasteiger partial charge on any atom is 0.252 e. The van der Waals surface area contributed by atoms with Gasteiger partial charge < -0.3 is 10.6 Å². The Labute approximate surface area is 138 Å². The Kier molecular flexibility index (Phi) is 6.60. The van der Waals surface area contributed by atoms with Crippen molar-refractivity contribution < 1.29 is 4.79 Å². The molecule has 0 bridgehead atoms. The predicted octanol–water partition coefficient (Wildman–Crippen LogP) is 3.65. The van der Waals surface area contributed by atoms with Crippen LogP contribution in [0.3, 0.4) is 0 Å². The zero-order chi connectivity index (χ0) is 16.5. The minimum atomic E-state index is -0.0618. The number of amides is 1. The Morgan fingerprint density at radius 2 is 1.87 bits per heavy atom. The molecule has 1 heterocycles. The molecule has 1 aromatic heterocycles. The third-order valence-electron chi connectivity index (χ3n) is 3.48. The Hall–Kier alpha value is -2.36. The fraction of sp³-hybridized carbons (Fsp3) is 0.368. The van der Waals surface area contributed by atoms with Crippen LogP contribution in [0.5, 0.6) is 0 Å². The van der Waals surface area contributed by atoms with Gasteiger partial charge in [-0.25, -0.2) is 4.98 Å². The highest BCUT2D eigenvalue weighted by atomic mass is 16.1. The number of anilines is 1. The van der Waals surface area contributed by atoms with Gasteiger partial charge in [0.15, 0.2) is 0 Å². The van der Waals surface area contributed by atoms with Crippen molar-refractivity contribution in [3.63, 3.8) is 0 Å². The summed E-state index contributed by atoms with van der Waals surface area (Å²) >= 11 is 0. The summed E-state index contributed by atoms with van der Waals surface area (Å²) in [5.74, 6) is 0.729. The van der Waals surface area contributed by atoms with E-state index in [-0.39, 0.29) is 5.91 Å². The number of benzene rings is 1. The van der Waals surface area contributed by atoms with E-state index >= 15 is 0 Å². The molecule has 0 unspecified atom stereocenters. The summed E-state index contributed by atoms with van der Waals surface area (Å²) < 4.78 is 0. The van der Waals surface area contributed by atoms with Crippen LogP contribution in [0.25, 0.3) is 0 Å². The Morgan fingerprint density at radius 3 is 2.52 bits per heavy atom. The lowest BCUT2D eigenvalue weighted by Gasteiger charge is -2.09. The Bertz CT molecular complexity index is 594. The smallest absolute Gasteiger partial charge is 0.252 e. The van der Waals surface area contributed by atoms with Crippen molar-refractivity contribution >= 4 is 11.7 Å². The van der Waals surface area contributed by atoms with Crippen molar-refractivity contribution in [2.45, 2.75) is 39.2 Å². The zero-order valence-corrected chi connectivity index (χ0v) is 13.9. The second kappa shape index (κ2) is 8.93. The molecule has 122 valence electrons. The van der Waals surface area contributed by atoms with Crippen LogP contribution in [-0.2, 0) is 6.42 Å². The van der Waals surface area contributed by atoms with Crippen molar-refractivity contribution in [3.05, 3.63) is 59.8 Å². The van der Waals surface area contributed by atoms with E-state index < -0.39 is 0 Å². The van der Waals surface area contributed by atoms with Gasteiger partial charge in [-0.2, -0.15) is 0 Å². The largest absolute Gasteiger partial charge is 0.368 e. The maximum absolute atomic E-state index is 12.0. The lowest BCUT2D eigenvalue weighted by molar-refractivity contribution is 0.0952. The van der Waals surface area contributed by atoms with Crippen molar-refractivity contribution in [3.8, 4) is 0 Å². The van der Waals surface area contributed by atoms with E-state index in [4.69, 9.17) is 0 Å². The van der Waals surface area contributed by atoms with Gasteiger partial charge in [0.25, 0.3) is 5.91 Å². The molecule has 0 spiro atoms. The van der Waals surface area contributed by atoms with Crippen LogP contribution in [-0.4, -0.2) is 23.5 Å². The number of carbonyl (C=O) groups is 1. The summed E-state index contributed by atoms with van der Waals surface area (Å²) in [5.41, 5.74) is 1.94. The first kappa shape index (κ1) is 17.0. The Morgan fingerprint density at radius 1 is 1.09 bits per heavy atom. The lowest BCUT2D eigenvalue weighted by atomic mass is 10.1. The molecule has 4 heteroatoms. The monoisotopic (exact) mass is 311 g/mol. The summed E-state index contributed by atoms with van der Waals surface area (Å²) in [5, 5.41) is 6.15. The molecule has 0 saturated carbocycles. The van der Waals surface area contributed by atoms with Crippen molar-refractivity contribution in [1.29, 1.82) is 0 Å². The summed E-state index contributed by atoms with van der Waals surface area (Å²) in [6.45, 7) is 4.80. The molecule has 0 atom stereocenters. The van der Waals surface area contributed by atoms with Gasteiger partial charge in [-0.3, -0.25) is 4.79 Å². The number of nitrogens with one attached hydrogen (secondary N) is 2. The van der Waals surface area contributed by atoms with Crippen molar-refractivity contribution in [2.75, 3.05) is 11.9 Å². The third-order valence-corrected chi connectivity index (χ3v) is 3.48. The van der Waals surface area contributed by atoms with Gasteiger partial charge in [0.1, 0.15) is 5.82 Å². The second-order valence-corrected chi connectivity index (χ2v) is 5.93. The van der Waals surface area contributed by atoms with E-state index in [1.165, 1.54) is 5.56 Å². The van der Waals surface area contributed by atoms with E-state index in [1.807, 2.05) is 12.1 Å². The molecular weight excluding hydrogens is 286 g/mol. The molecule has 0 fully saturated rings. The SMILES string of the molecule is CC(C)Nc1ccc(C(=O)NCCCCc2ccccc2)cn1. The van der Waals surface area contributed by atoms with Crippen molar-refractivity contribution in [1.82, 2.24) is 10.3 Å². The molecular formula is C19H25N3O. The number of hydrogen-bond donors (Lipinski definition) is 2. The van der Waals surface area contributed by atoms with Gasteiger partial charge in [0.05, 0.1) is 5.56 Å². The zero-order valence-electron chi connectivity index (χ0n) is 13.9. The van der Waals surface area contributed by atoms with E-state index in [2.05, 4.69) is 53.7 Å². The van der Waals surface area contributed by atoms with Gasteiger partial charge >= 0.3 is 0 Å². The summed E-state index contributed by atoms with van der Waals surface area (Å²) in [7, 11) is 0. The van der Waals surface area contributed by atoms with Gasteiger partial charge in [-0.05, 0) is 50.8 Å². The number of pyridine rings is 1. The minimum absolute atomic E-state index is 0.0618. The van der Waals surface area contributed by atoms with Gasteiger partial charge in [0.2, 0.25) is 0 Å². The van der Waals surface area contributed by atoms with Crippen LogP contribution in [0.15, 0.2) is 48.7 Å². The van der Waals surface area contributed by atoms with E-state index in [9.17, 15) is 4.79 Å². The summed E-state index contributed by atoms with van der Waals surface area (Å²) in [6.07, 6.45) is 4.71. The highest BCUT2D eigenvalue weighted by molar-refractivity contribution is 5.94. The van der Waals surface area contributed by atoms with Gasteiger partial charge in [-0.1, -0.05) is 30.3 Å². The van der Waals surface area contributed by atoms with Crippen LogP contribution < -0.4 is 10.6 Å². The first-order chi connectivity index (χ1) is 11.1. The van der Waals surface area contributed by atoms with Crippen LogP contribution in [0, 0.1) is 0 Å². The number of rotatable bonds is 8. The van der Waals surface area contributed by atoms with Gasteiger partial charge in [0, 0.05) is 18.8 Å². The van der Waals surface area contributed by atoms with E-state index in [1.54, 1.807) is 12.3 Å². The van der Waals surface area contributed by atoms with Gasteiger partial charge in [-0.15, -0.1) is 0 Å². The van der Waals surface area contributed by atoms with Crippen LogP contribution in [0.4, 0.5) is 5.82 Å². The highest BCUT2D eigenvalue weighted by Gasteiger charge is 2.05. The molecule has 0 aliphatic carbocycles. The van der Waals surface area contributed by atoms with Crippen LogP contribution >= 0.6 is 0 Å². The molecule has 2 aromatic rings. The van der Waals surface area contributed by atoms with Crippen LogP contribution in [0.1, 0.15) is 42.6 Å². The first-order valence-corrected chi connectivity index (χ1v) is 8.20. The van der Waals surface area contributed by atoms with E-state index in [0.29, 0.717) is 18.2 Å². The predicted molar refractivity (Wildman–Crippen MR) is 94.7 cm³/mol. The highest BCUT2D eigenvalue weighted by Crippen LogP contribution is 2.07.